The molecule has 2 aromatic rings. The van der Waals surface area contributed by atoms with Crippen LogP contribution in [0.1, 0.15) is 58.3 Å². The zero-order valence-electron chi connectivity index (χ0n) is 13.7. The van der Waals surface area contributed by atoms with Crippen molar-refractivity contribution in [3.05, 3.63) is 43.0 Å². The fraction of sp³-hybridized carbons (Fsp3) is 0.526. The van der Waals surface area contributed by atoms with Crippen LogP contribution in [0, 0.1) is 0 Å². The molecule has 22 heavy (non-hydrogen) atoms. The number of thioether (sulfide) groups is 1. The monoisotopic (exact) mass is 316 g/mol. The quantitative estimate of drug-likeness (QED) is 0.368. The number of hydrogen-bond donors (Lipinski definition) is 0. The minimum absolute atomic E-state index is 1.21. The summed E-state index contributed by atoms with van der Waals surface area (Å²) in [7, 11) is 0. The predicted molar refractivity (Wildman–Crippen MR) is 96.9 cm³/mol. The van der Waals surface area contributed by atoms with Gasteiger partial charge in [0.25, 0.3) is 0 Å². The maximum Gasteiger partial charge on any atom is 0.0992 e. The van der Waals surface area contributed by atoms with E-state index in [1.165, 1.54) is 67.7 Å². The lowest BCUT2D eigenvalue weighted by Crippen LogP contribution is -1.93. The predicted octanol–water partition coefficient (Wildman–Crippen LogP) is 6.11. The second-order valence-electron chi connectivity index (χ2n) is 5.76. The van der Waals surface area contributed by atoms with Crippen LogP contribution in [0.3, 0.4) is 0 Å². The first-order valence-electron chi connectivity index (χ1n) is 8.62. The van der Waals surface area contributed by atoms with Gasteiger partial charge in [-0.2, -0.15) is 0 Å². The highest BCUT2D eigenvalue weighted by molar-refractivity contribution is 7.99. The highest BCUT2D eigenvalue weighted by Gasteiger charge is 2.03. The molecule has 0 fully saturated rings. The van der Waals surface area contributed by atoms with E-state index in [-0.39, 0.29) is 0 Å². The van der Waals surface area contributed by atoms with E-state index >= 15 is 0 Å². The largest absolute Gasteiger partial charge is 0.305 e. The van der Waals surface area contributed by atoms with Gasteiger partial charge in [-0.15, -0.1) is 11.8 Å². The fourth-order valence-corrected chi connectivity index (χ4v) is 3.68. The van der Waals surface area contributed by atoms with Gasteiger partial charge in [0, 0.05) is 17.3 Å². The van der Waals surface area contributed by atoms with Gasteiger partial charge in [0.1, 0.15) is 0 Å². The van der Waals surface area contributed by atoms with Gasteiger partial charge in [0.15, 0.2) is 0 Å². The molecule has 1 aromatic heterocycles. The Morgan fingerprint density at radius 2 is 1.68 bits per heavy atom. The van der Waals surface area contributed by atoms with Gasteiger partial charge in [-0.25, -0.2) is 4.98 Å². The molecule has 120 valence electrons. The summed E-state index contributed by atoms with van der Waals surface area (Å²) < 4.78 is 2.09. The lowest BCUT2D eigenvalue weighted by molar-refractivity contribution is 0.586. The first-order chi connectivity index (χ1) is 10.9. The molecule has 0 aliphatic carbocycles. The Labute approximate surface area is 139 Å². The maximum absolute atomic E-state index is 4.14. The number of benzene rings is 1. The highest BCUT2D eigenvalue weighted by atomic mass is 32.2. The average molecular weight is 317 g/mol. The minimum atomic E-state index is 1.21. The van der Waals surface area contributed by atoms with E-state index in [9.17, 15) is 0 Å². The highest BCUT2D eigenvalue weighted by Crippen LogP contribution is 2.26. The van der Waals surface area contributed by atoms with Gasteiger partial charge in [-0.3, -0.25) is 0 Å². The number of rotatable bonds is 11. The first-order valence-corrected chi connectivity index (χ1v) is 9.60. The van der Waals surface area contributed by atoms with Crippen LogP contribution < -0.4 is 0 Å². The first kappa shape index (κ1) is 17.1. The molecule has 0 N–H and O–H groups in total. The van der Waals surface area contributed by atoms with Crippen molar-refractivity contribution in [2.75, 3.05) is 5.75 Å². The Bertz CT molecular complexity index is 508. The number of nitrogens with zero attached hydrogens (tertiary/aromatic N) is 2. The fourth-order valence-electron chi connectivity index (χ4n) is 2.61. The molecule has 0 bridgehead atoms. The SMILES string of the molecule is CCCCCCCCCCSc1ccccc1-n1ccnc1. The van der Waals surface area contributed by atoms with Crippen molar-refractivity contribution >= 4 is 11.8 Å². The van der Waals surface area contributed by atoms with Gasteiger partial charge in [0.05, 0.1) is 12.0 Å². The van der Waals surface area contributed by atoms with Crippen LogP contribution in [0.15, 0.2) is 47.9 Å². The standard InChI is InChI=1S/C19H28N2S/c1-2-3-4-5-6-7-8-11-16-22-19-13-10-9-12-18(19)21-15-14-20-17-21/h9-10,12-15,17H,2-8,11,16H2,1H3. The lowest BCUT2D eigenvalue weighted by Gasteiger charge is -2.09. The maximum atomic E-state index is 4.14. The molecule has 0 spiro atoms. The second kappa shape index (κ2) is 10.5. The molecule has 2 nitrogen and oxygen atoms in total. The van der Waals surface area contributed by atoms with E-state index in [0.29, 0.717) is 0 Å². The normalized spacial score (nSPS) is 11.0. The zero-order valence-corrected chi connectivity index (χ0v) is 14.5. The number of unbranched alkanes of at least 4 members (excludes halogenated alkanes) is 7. The lowest BCUT2D eigenvalue weighted by atomic mass is 10.1. The van der Waals surface area contributed by atoms with Crippen molar-refractivity contribution in [2.24, 2.45) is 0 Å². The van der Waals surface area contributed by atoms with Crippen molar-refractivity contribution in [3.8, 4) is 5.69 Å². The van der Waals surface area contributed by atoms with Crippen LogP contribution in [0.25, 0.3) is 5.69 Å². The average Bonchev–Trinajstić information content (AvgIpc) is 3.08. The third-order valence-corrected chi connectivity index (χ3v) is 5.05. The van der Waals surface area contributed by atoms with Crippen LogP contribution in [-0.2, 0) is 0 Å². The summed E-state index contributed by atoms with van der Waals surface area (Å²) >= 11 is 1.97. The van der Waals surface area contributed by atoms with Crippen molar-refractivity contribution in [1.82, 2.24) is 9.55 Å². The molecule has 0 saturated carbocycles. The van der Waals surface area contributed by atoms with Crippen LogP contribution in [-0.4, -0.2) is 15.3 Å². The molecular formula is C19H28N2S. The van der Waals surface area contributed by atoms with Crippen LogP contribution in [0.2, 0.25) is 0 Å². The molecule has 2 rings (SSSR count). The zero-order chi connectivity index (χ0) is 15.5. The molecule has 0 aliphatic heterocycles. The summed E-state index contributed by atoms with van der Waals surface area (Å²) in [5.41, 5.74) is 1.24. The van der Waals surface area contributed by atoms with Gasteiger partial charge < -0.3 is 4.57 Å². The Balaban J connectivity index is 1.65. The Hall–Kier alpha value is -1.22. The Kier molecular flexibility index (Phi) is 8.18. The number of aromatic nitrogens is 2. The smallest absolute Gasteiger partial charge is 0.0992 e. The molecule has 3 heteroatoms. The van der Waals surface area contributed by atoms with Gasteiger partial charge in [0.2, 0.25) is 0 Å². The molecule has 0 unspecified atom stereocenters. The van der Waals surface area contributed by atoms with Gasteiger partial charge in [-0.1, -0.05) is 64.0 Å². The van der Waals surface area contributed by atoms with E-state index in [1.54, 1.807) is 0 Å². The van der Waals surface area contributed by atoms with Crippen molar-refractivity contribution in [3.63, 3.8) is 0 Å². The van der Waals surface area contributed by atoms with Crippen molar-refractivity contribution < 1.29 is 0 Å². The minimum Gasteiger partial charge on any atom is -0.305 e. The molecule has 0 amide bonds. The second-order valence-corrected chi connectivity index (χ2v) is 6.90. The number of imidazole rings is 1. The van der Waals surface area contributed by atoms with Crippen LogP contribution in [0.5, 0.6) is 0 Å². The Morgan fingerprint density at radius 1 is 0.955 bits per heavy atom. The summed E-state index contributed by atoms with van der Waals surface area (Å²) in [6, 6.07) is 8.59. The summed E-state index contributed by atoms with van der Waals surface area (Å²) in [6.45, 7) is 2.28. The van der Waals surface area contributed by atoms with Crippen molar-refractivity contribution in [1.29, 1.82) is 0 Å². The number of hydrogen-bond acceptors (Lipinski definition) is 2. The van der Waals surface area contributed by atoms with Gasteiger partial charge >= 0.3 is 0 Å². The van der Waals surface area contributed by atoms with Crippen molar-refractivity contribution in [2.45, 2.75) is 63.2 Å². The summed E-state index contributed by atoms with van der Waals surface area (Å²) in [5, 5.41) is 0. The van der Waals surface area contributed by atoms with Crippen LogP contribution in [0.4, 0.5) is 0 Å². The Morgan fingerprint density at radius 3 is 2.41 bits per heavy atom. The van der Waals surface area contributed by atoms with E-state index in [4.69, 9.17) is 0 Å². The van der Waals surface area contributed by atoms with E-state index in [1.807, 2.05) is 30.5 Å². The molecule has 0 aliphatic rings. The van der Waals surface area contributed by atoms with E-state index in [2.05, 4.69) is 40.7 Å². The van der Waals surface area contributed by atoms with E-state index < -0.39 is 0 Å². The molecule has 1 aromatic carbocycles. The third-order valence-electron chi connectivity index (χ3n) is 3.90. The topological polar surface area (TPSA) is 17.8 Å². The molecule has 1 heterocycles. The third kappa shape index (κ3) is 5.88. The van der Waals surface area contributed by atoms with Gasteiger partial charge in [-0.05, 0) is 24.3 Å². The summed E-state index contributed by atoms with van der Waals surface area (Å²) in [6.07, 6.45) is 16.8. The molecule has 0 saturated heterocycles. The molecule has 0 atom stereocenters. The summed E-state index contributed by atoms with van der Waals surface area (Å²) in [4.78, 5) is 5.50. The van der Waals surface area contributed by atoms with Crippen LogP contribution >= 0.6 is 11.8 Å². The summed E-state index contributed by atoms with van der Waals surface area (Å²) in [5.74, 6) is 1.21. The number of para-hydroxylation sites is 1. The van der Waals surface area contributed by atoms with E-state index in [0.717, 1.165) is 0 Å². The molecule has 0 radical (unpaired) electrons. The molecular weight excluding hydrogens is 288 g/mol.